The summed E-state index contributed by atoms with van der Waals surface area (Å²) in [4.78, 5) is 25.7. The fourth-order valence-corrected chi connectivity index (χ4v) is 2.81. The minimum atomic E-state index is -0.250. The van der Waals surface area contributed by atoms with Crippen LogP contribution in [0.2, 0.25) is 0 Å². The molecule has 0 aliphatic carbocycles. The second-order valence-corrected chi connectivity index (χ2v) is 5.94. The summed E-state index contributed by atoms with van der Waals surface area (Å²) in [5.74, 6) is 0.641. The van der Waals surface area contributed by atoms with Gasteiger partial charge in [-0.2, -0.15) is 0 Å². The molecule has 5 nitrogen and oxygen atoms in total. The Kier molecular flexibility index (Phi) is 4.89. The van der Waals surface area contributed by atoms with Gasteiger partial charge in [0.05, 0.1) is 7.11 Å². The third-order valence-corrected chi connectivity index (χ3v) is 4.30. The maximum absolute atomic E-state index is 12.9. The molecule has 0 saturated heterocycles. The van der Waals surface area contributed by atoms with Crippen molar-refractivity contribution in [2.45, 2.75) is 0 Å². The number of benzene rings is 2. The Morgan fingerprint density at radius 1 is 0.769 bits per heavy atom. The van der Waals surface area contributed by atoms with Crippen molar-refractivity contribution in [1.82, 2.24) is 9.13 Å². The van der Waals surface area contributed by atoms with Gasteiger partial charge in [0, 0.05) is 19.7 Å². The van der Waals surface area contributed by atoms with Crippen LogP contribution in [0.5, 0.6) is 5.75 Å². The molecule has 0 amide bonds. The number of nitrogens with zero attached hydrogens (tertiary/aromatic N) is 2. The van der Waals surface area contributed by atoms with Crippen molar-refractivity contribution in [2.75, 3.05) is 7.11 Å². The van der Waals surface area contributed by atoms with Crippen LogP contribution in [0.15, 0.2) is 64.2 Å². The highest BCUT2D eigenvalue weighted by Gasteiger charge is 2.07. The first-order valence-corrected chi connectivity index (χ1v) is 8.20. The maximum Gasteiger partial charge on any atom is 0.274 e. The minimum Gasteiger partial charge on any atom is -0.496 e. The van der Waals surface area contributed by atoms with Gasteiger partial charge < -0.3 is 13.9 Å². The molecule has 0 fully saturated rings. The molecule has 1 aromatic heterocycles. The molecule has 0 N–H and O–H groups in total. The van der Waals surface area contributed by atoms with E-state index in [1.165, 1.54) is 9.13 Å². The number of methoxy groups -OCH3 is 1. The molecule has 0 radical (unpaired) electrons. The molecule has 0 saturated carbocycles. The lowest BCUT2D eigenvalue weighted by molar-refractivity contribution is 0.414. The molecule has 1 heterocycles. The molecule has 0 aliphatic rings. The van der Waals surface area contributed by atoms with Crippen LogP contribution >= 0.6 is 0 Å². The van der Waals surface area contributed by atoms with Crippen LogP contribution in [-0.4, -0.2) is 16.2 Å². The standard InChI is InChI=1S/C21H20N2O3/c1-22-17(13-15-9-5-4-6-10-15)20(24)23(2)18(21(22)25)14-16-11-7-8-12-19(16)26-3/h4-14H,1-3H3/b17-13-,18-14-. The fraction of sp³-hybridized carbons (Fsp3) is 0.143. The lowest BCUT2D eigenvalue weighted by Gasteiger charge is -2.07. The van der Waals surface area contributed by atoms with Gasteiger partial charge in [-0.15, -0.1) is 0 Å². The van der Waals surface area contributed by atoms with Crippen molar-refractivity contribution in [3.05, 3.63) is 97.1 Å². The molecule has 0 atom stereocenters. The lowest BCUT2D eigenvalue weighted by atomic mass is 10.2. The van der Waals surface area contributed by atoms with Gasteiger partial charge in [-0.25, -0.2) is 0 Å². The third-order valence-electron chi connectivity index (χ3n) is 4.30. The molecule has 3 aromatic rings. The van der Waals surface area contributed by atoms with E-state index in [1.807, 2.05) is 54.6 Å². The Labute approximate surface area is 150 Å². The largest absolute Gasteiger partial charge is 0.496 e. The Bertz CT molecular complexity index is 1170. The molecule has 0 spiro atoms. The highest BCUT2D eigenvalue weighted by Crippen LogP contribution is 2.17. The third kappa shape index (κ3) is 3.24. The summed E-state index contributed by atoms with van der Waals surface area (Å²) in [6.45, 7) is 0. The van der Waals surface area contributed by atoms with E-state index in [9.17, 15) is 9.59 Å². The van der Waals surface area contributed by atoms with Crippen LogP contribution in [0.4, 0.5) is 0 Å². The highest BCUT2D eigenvalue weighted by atomic mass is 16.5. The van der Waals surface area contributed by atoms with Gasteiger partial charge in [0.15, 0.2) is 0 Å². The van der Waals surface area contributed by atoms with Crippen molar-refractivity contribution >= 4 is 12.2 Å². The van der Waals surface area contributed by atoms with Crippen LogP contribution in [0.1, 0.15) is 11.1 Å². The van der Waals surface area contributed by atoms with Crippen molar-refractivity contribution in [3.8, 4) is 5.75 Å². The van der Waals surface area contributed by atoms with E-state index < -0.39 is 0 Å². The average molecular weight is 348 g/mol. The second-order valence-electron chi connectivity index (χ2n) is 5.94. The predicted octanol–water partition coefficient (Wildman–Crippen LogP) is 0.750. The maximum atomic E-state index is 12.9. The predicted molar refractivity (Wildman–Crippen MR) is 103 cm³/mol. The topological polar surface area (TPSA) is 53.2 Å². The van der Waals surface area contributed by atoms with Crippen molar-refractivity contribution < 1.29 is 4.74 Å². The molecular formula is C21H20N2O3. The first kappa shape index (κ1) is 17.5. The zero-order chi connectivity index (χ0) is 18.7. The zero-order valence-corrected chi connectivity index (χ0v) is 15.0. The molecule has 2 aromatic carbocycles. The molecule has 5 heteroatoms. The number of rotatable bonds is 3. The summed E-state index contributed by atoms with van der Waals surface area (Å²) in [5.41, 5.74) is 1.11. The van der Waals surface area contributed by atoms with Gasteiger partial charge in [-0.3, -0.25) is 9.59 Å². The van der Waals surface area contributed by atoms with E-state index in [0.29, 0.717) is 16.4 Å². The van der Waals surface area contributed by atoms with E-state index in [1.54, 1.807) is 33.4 Å². The quantitative estimate of drug-likeness (QED) is 0.702. The normalized spacial score (nSPS) is 12.4. The fourth-order valence-electron chi connectivity index (χ4n) is 2.81. The second kappa shape index (κ2) is 7.27. The Morgan fingerprint density at radius 3 is 1.92 bits per heavy atom. The molecule has 3 rings (SSSR count). The number of hydrogen-bond acceptors (Lipinski definition) is 3. The van der Waals surface area contributed by atoms with E-state index in [4.69, 9.17) is 4.74 Å². The van der Waals surface area contributed by atoms with E-state index >= 15 is 0 Å². The Morgan fingerprint density at radius 2 is 1.31 bits per heavy atom. The van der Waals surface area contributed by atoms with E-state index in [2.05, 4.69) is 0 Å². The van der Waals surface area contributed by atoms with Gasteiger partial charge in [0.2, 0.25) is 0 Å². The summed E-state index contributed by atoms with van der Waals surface area (Å²) in [7, 11) is 4.78. The number of para-hydroxylation sites is 1. The number of aromatic nitrogens is 2. The Hall–Kier alpha value is -3.34. The van der Waals surface area contributed by atoms with Crippen LogP contribution in [0, 0.1) is 0 Å². The SMILES string of the molecule is COc1ccccc1/C=c1/c(=O)n(C)/c(=C\c2ccccc2)c(=O)n1C. The van der Waals surface area contributed by atoms with Gasteiger partial charge in [0.1, 0.15) is 16.4 Å². The van der Waals surface area contributed by atoms with Crippen LogP contribution < -0.4 is 26.6 Å². The summed E-state index contributed by atoms with van der Waals surface area (Å²) < 4.78 is 8.09. The lowest BCUT2D eigenvalue weighted by Crippen LogP contribution is -2.56. The first-order valence-electron chi connectivity index (χ1n) is 8.20. The summed E-state index contributed by atoms with van der Waals surface area (Å²) in [5, 5.41) is 0.632. The zero-order valence-electron chi connectivity index (χ0n) is 15.0. The van der Waals surface area contributed by atoms with Crippen LogP contribution in [-0.2, 0) is 14.1 Å². The summed E-state index contributed by atoms with van der Waals surface area (Å²) >= 11 is 0. The van der Waals surface area contributed by atoms with E-state index in [0.717, 1.165) is 11.1 Å². The van der Waals surface area contributed by atoms with Crippen molar-refractivity contribution in [2.24, 2.45) is 14.1 Å². The summed E-state index contributed by atoms with van der Waals surface area (Å²) in [6, 6.07) is 16.8. The Balaban J connectivity index is 2.32. The monoisotopic (exact) mass is 348 g/mol. The minimum absolute atomic E-state index is 0.239. The van der Waals surface area contributed by atoms with Crippen molar-refractivity contribution in [3.63, 3.8) is 0 Å². The summed E-state index contributed by atoms with van der Waals surface area (Å²) in [6.07, 6.45) is 3.39. The van der Waals surface area contributed by atoms with Gasteiger partial charge in [-0.05, 0) is 23.8 Å². The number of ether oxygens (including phenoxy) is 1. The molecule has 0 unspecified atom stereocenters. The average Bonchev–Trinajstić information content (AvgIpc) is 2.68. The first-order chi connectivity index (χ1) is 12.5. The van der Waals surface area contributed by atoms with Crippen LogP contribution in [0.25, 0.3) is 12.2 Å². The van der Waals surface area contributed by atoms with Gasteiger partial charge in [0.25, 0.3) is 11.1 Å². The number of hydrogen-bond donors (Lipinski definition) is 0. The molecule has 0 aliphatic heterocycles. The molecule has 0 bridgehead atoms. The molecule has 132 valence electrons. The smallest absolute Gasteiger partial charge is 0.274 e. The van der Waals surface area contributed by atoms with Crippen molar-refractivity contribution in [1.29, 1.82) is 0 Å². The van der Waals surface area contributed by atoms with Gasteiger partial charge >= 0.3 is 0 Å². The van der Waals surface area contributed by atoms with E-state index in [-0.39, 0.29) is 11.1 Å². The molecule has 26 heavy (non-hydrogen) atoms. The van der Waals surface area contributed by atoms with Gasteiger partial charge in [-0.1, -0.05) is 48.5 Å². The van der Waals surface area contributed by atoms with Crippen LogP contribution in [0.3, 0.4) is 0 Å². The highest BCUT2D eigenvalue weighted by molar-refractivity contribution is 5.56. The molecular weight excluding hydrogens is 328 g/mol.